The Kier molecular flexibility index (Phi) is 6.33. The molecule has 25 heavy (non-hydrogen) atoms. The number of ether oxygens (including phenoxy) is 2. The third kappa shape index (κ3) is 4.69. The van der Waals surface area contributed by atoms with Crippen LogP contribution in [0.4, 0.5) is 11.4 Å². The molecule has 132 valence electrons. The zero-order chi connectivity index (χ0) is 18.2. The molecule has 0 atom stereocenters. The molecule has 0 fully saturated rings. The molecule has 0 bridgehead atoms. The maximum Gasteiger partial charge on any atom is 0.271 e. The Balaban J connectivity index is 2.25. The van der Waals surface area contributed by atoms with E-state index in [0.29, 0.717) is 23.7 Å². The average molecular weight is 344 g/mol. The predicted octanol–water partition coefficient (Wildman–Crippen LogP) is 4.03. The zero-order valence-electron chi connectivity index (χ0n) is 14.2. The summed E-state index contributed by atoms with van der Waals surface area (Å²) < 4.78 is 10.8. The molecule has 0 saturated carbocycles. The Morgan fingerprint density at radius 2 is 1.96 bits per heavy atom. The highest BCUT2D eigenvalue weighted by molar-refractivity contribution is 6.07. The maximum absolute atomic E-state index is 12.6. The molecule has 1 N–H and O–H groups in total. The number of methoxy groups -OCH3 is 1. The number of hydrogen-bond acceptors (Lipinski definition) is 5. The second-order valence-corrected chi connectivity index (χ2v) is 5.29. The number of nitrogens with one attached hydrogen (secondary N) is 1. The number of carbonyl (C=O) groups excluding carboxylic acids is 1. The average Bonchev–Trinajstić information content (AvgIpc) is 2.62. The molecule has 0 spiro atoms. The fraction of sp³-hybridized carbons (Fsp3) is 0.278. The van der Waals surface area contributed by atoms with Gasteiger partial charge in [-0.25, -0.2) is 0 Å². The number of nitro groups is 1. The first-order valence-corrected chi connectivity index (χ1v) is 7.92. The van der Waals surface area contributed by atoms with Gasteiger partial charge in [-0.2, -0.15) is 0 Å². The van der Waals surface area contributed by atoms with Gasteiger partial charge in [-0.05, 0) is 24.6 Å². The minimum Gasteiger partial charge on any atom is -0.495 e. The monoisotopic (exact) mass is 344 g/mol. The van der Waals surface area contributed by atoms with Crippen LogP contribution < -0.4 is 14.8 Å². The molecule has 2 aromatic rings. The fourth-order valence-electron chi connectivity index (χ4n) is 2.20. The topological polar surface area (TPSA) is 90.7 Å². The second-order valence-electron chi connectivity index (χ2n) is 5.29. The van der Waals surface area contributed by atoms with Crippen LogP contribution in [0.15, 0.2) is 42.5 Å². The lowest BCUT2D eigenvalue weighted by Crippen LogP contribution is -2.14. The zero-order valence-corrected chi connectivity index (χ0v) is 14.2. The first-order valence-electron chi connectivity index (χ1n) is 7.92. The smallest absolute Gasteiger partial charge is 0.271 e. The number of nitrogens with zero attached hydrogens (tertiary/aromatic N) is 1. The summed E-state index contributed by atoms with van der Waals surface area (Å²) in [7, 11) is 1.43. The van der Waals surface area contributed by atoms with Gasteiger partial charge in [0.2, 0.25) is 0 Å². The van der Waals surface area contributed by atoms with Gasteiger partial charge in [0.05, 0.1) is 29.9 Å². The number of benzene rings is 2. The van der Waals surface area contributed by atoms with Crippen LogP contribution in [-0.2, 0) is 0 Å². The number of anilines is 1. The molecule has 0 radical (unpaired) electrons. The van der Waals surface area contributed by atoms with Crippen LogP contribution in [-0.4, -0.2) is 24.5 Å². The summed E-state index contributed by atoms with van der Waals surface area (Å²) in [6, 6.07) is 10.9. The highest BCUT2D eigenvalue weighted by Gasteiger charge is 2.17. The van der Waals surface area contributed by atoms with E-state index >= 15 is 0 Å². The molecular formula is C18H20N2O5. The lowest BCUT2D eigenvalue weighted by Gasteiger charge is -2.13. The van der Waals surface area contributed by atoms with Gasteiger partial charge in [-0.1, -0.05) is 25.5 Å². The molecule has 0 aliphatic heterocycles. The Bertz CT molecular complexity index is 761. The molecule has 2 aromatic carbocycles. The molecule has 0 heterocycles. The summed E-state index contributed by atoms with van der Waals surface area (Å²) in [6.45, 7) is 2.57. The van der Waals surface area contributed by atoms with E-state index in [1.807, 2.05) is 0 Å². The van der Waals surface area contributed by atoms with Crippen molar-refractivity contribution in [2.24, 2.45) is 0 Å². The minimum absolute atomic E-state index is 0.136. The van der Waals surface area contributed by atoms with Crippen molar-refractivity contribution in [1.82, 2.24) is 0 Å². The van der Waals surface area contributed by atoms with Crippen LogP contribution >= 0.6 is 0 Å². The van der Waals surface area contributed by atoms with Crippen molar-refractivity contribution < 1.29 is 19.2 Å². The highest BCUT2D eigenvalue weighted by Crippen LogP contribution is 2.30. The standard InChI is InChI=1S/C18H20N2O5/c1-3-4-11-25-16-8-6-5-7-14(16)18(21)19-15-12-13(20(22)23)9-10-17(15)24-2/h5-10,12H,3-4,11H2,1-2H3,(H,19,21). The van der Waals surface area contributed by atoms with Gasteiger partial charge >= 0.3 is 0 Å². The second kappa shape index (κ2) is 8.68. The molecule has 7 nitrogen and oxygen atoms in total. The van der Waals surface area contributed by atoms with E-state index in [1.165, 1.54) is 25.3 Å². The van der Waals surface area contributed by atoms with E-state index in [9.17, 15) is 14.9 Å². The number of amides is 1. The number of unbranched alkanes of at least 4 members (excludes halogenated alkanes) is 1. The number of nitro benzene ring substituents is 1. The minimum atomic E-state index is -0.531. The molecule has 0 aliphatic rings. The van der Waals surface area contributed by atoms with Crippen LogP contribution in [0.5, 0.6) is 11.5 Å². The normalized spacial score (nSPS) is 10.2. The molecule has 2 rings (SSSR count). The van der Waals surface area contributed by atoms with Crippen molar-refractivity contribution >= 4 is 17.3 Å². The number of non-ortho nitro benzene ring substituents is 1. The van der Waals surface area contributed by atoms with Crippen molar-refractivity contribution in [3.8, 4) is 11.5 Å². The van der Waals surface area contributed by atoms with Crippen LogP contribution in [0.1, 0.15) is 30.1 Å². The summed E-state index contributed by atoms with van der Waals surface area (Å²) in [5.41, 5.74) is 0.445. The lowest BCUT2D eigenvalue weighted by molar-refractivity contribution is -0.384. The van der Waals surface area contributed by atoms with Crippen LogP contribution in [0.25, 0.3) is 0 Å². The largest absolute Gasteiger partial charge is 0.495 e. The number of carbonyl (C=O) groups is 1. The van der Waals surface area contributed by atoms with E-state index in [4.69, 9.17) is 9.47 Å². The van der Waals surface area contributed by atoms with Gasteiger partial charge in [0.1, 0.15) is 11.5 Å². The van der Waals surface area contributed by atoms with Gasteiger partial charge in [0.15, 0.2) is 0 Å². The molecule has 0 aromatic heterocycles. The molecule has 0 aliphatic carbocycles. The Morgan fingerprint density at radius 1 is 1.20 bits per heavy atom. The van der Waals surface area contributed by atoms with Crippen molar-refractivity contribution in [3.63, 3.8) is 0 Å². The van der Waals surface area contributed by atoms with Crippen molar-refractivity contribution in [2.75, 3.05) is 19.0 Å². The first-order chi connectivity index (χ1) is 12.1. The van der Waals surface area contributed by atoms with E-state index in [1.54, 1.807) is 24.3 Å². The van der Waals surface area contributed by atoms with Gasteiger partial charge in [-0.3, -0.25) is 14.9 Å². The predicted molar refractivity (Wildman–Crippen MR) is 94.4 cm³/mol. The van der Waals surface area contributed by atoms with Gasteiger partial charge in [0, 0.05) is 12.1 Å². The number of rotatable bonds is 8. The molecule has 1 amide bonds. The van der Waals surface area contributed by atoms with Crippen molar-refractivity contribution in [3.05, 3.63) is 58.1 Å². The van der Waals surface area contributed by atoms with Crippen LogP contribution in [0, 0.1) is 10.1 Å². The Hall–Kier alpha value is -3.09. The summed E-state index contributed by atoms with van der Waals surface area (Å²) in [6.07, 6.45) is 1.87. The van der Waals surface area contributed by atoms with E-state index in [-0.39, 0.29) is 11.4 Å². The number of hydrogen-bond donors (Lipinski definition) is 1. The quantitative estimate of drug-likeness (QED) is 0.443. The van der Waals surface area contributed by atoms with E-state index in [2.05, 4.69) is 12.2 Å². The third-order valence-corrected chi connectivity index (χ3v) is 3.53. The van der Waals surface area contributed by atoms with E-state index in [0.717, 1.165) is 12.8 Å². The van der Waals surface area contributed by atoms with Crippen LogP contribution in [0.2, 0.25) is 0 Å². The summed E-state index contributed by atoms with van der Waals surface area (Å²) in [4.78, 5) is 23.0. The molecule has 0 saturated heterocycles. The SMILES string of the molecule is CCCCOc1ccccc1C(=O)Nc1cc([N+](=O)[O-])ccc1OC. The van der Waals surface area contributed by atoms with E-state index < -0.39 is 10.8 Å². The van der Waals surface area contributed by atoms with Crippen LogP contribution in [0.3, 0.4) is 0 Å². The van der Waals surface area contributed by atoms with Gasteiger partial charge in [0.25, 0.3) is 11.6 Å². The van der Waals surface area contributed by atoms with Crippen molar-refractivity contribution in [2.45, 2.75) is 19.8 Å². The van der Waals surface area contributed by atoms with Gasteiger partial charge in [-0.15, -0.1) is 0 Å². The molecular weight excluding hydrogens is 324 g/mol. The Labute approximate surface area is 145 Å². The highest BCUT2D eigenvalue weighted by atomic mass is 16.6. The Morgan fingerprint density at radius 3 is 2.64 bits per heavy atom. The van der Waals surface area contributed by atoms with Crippen molar-refractivity contribution in [1.29, 1.82) is 0 Å². The molecule has 0 unspecified atom stereocenters. The fourth-order valence-corrected chi connectivity index (χ4v) is 2.20. The summed E-state index contributed by atoms with van der Waals surface area (Å²) >= 11 is 0. The van der Waals surface area contributed by atoms with Gasteiger partial charge < -0.3 is 14.8 Å². The third-order valence-electron chi connectivity index (χ3n) is 3.53. The lowest BCUT2D eigenvalue weighted by atomic mass is 10.1. The number of para-hydroxylation sites is 1. The maximum atomic E-state index is 12.6. The summed E-state index contributed by atoms with van der Waals surface area (Å²) in [5.74, 6) is 0.382. The first kappa shape index (κ1) is 18.3. The molecule has 7 heteroatoms. The summed E-state index contributed by atoms with van der Waals surface area (Å²) in [5, 5.41) is 13.6.